The Morgan fingerprint density at radius 3 is 2.55 bits per heavy atom. The van der Waals surface area contributed by atoms with Crippen LogP contribution in [-0.2, 0) is 0 Å². The zero-order chi connectivity index (χ0) is 8.43. The average Bonchev–Trinajstić information content (AvgIpc) is 1.94. The lowest BCUT2D eigenvalue weighted by molar-refractivity contribution is 0.195. The summed E-state index contributed by atoms with van der Waals surface area (Å²) in [7, 11) is 0. The Morgan fingerprint density at radius 1 is 1.45 bits per heavy atom. The summed E-state index contributed by atoms with van der Waals surface area (Å²) in [5.41, 5.74) is 0.456. The van der Waals surface area contributed by atoms with E-state index in [2.05, 4.69) is 0 Å². The number of hydrogen-bond acceptors (Lipinski definition) is 2. The summed E-state index contributed by atoms with van der Waals surface area (Å²) in [6.07, 6.45) is -0.686. The molecule has 1 aromatic carbocycles. The van der Waals surface area contributed by atoms with Crippen LogP contribution in [0.15, 0.2) is 18.2 Å². The van der Waals surface area contributed by atoms with E-state index in [-0.39, 0.29) is 10.8 Å². The number of para-hydroxylation sites is 1. The Hall–Kier alpha value is -0.730. The molecular formula is C8H9ClO2. The zero-order valence-corrected chi connectivity index (χ0v) is 6.84. The molecular weight excluding hydrogens is 164 g/mol. The van der Waals surface area contributed by atoms with Crippen molar-refractivity contribution in [1.29, 1.82) is 0 Å². The van der Waals surface area contributed by atoms with E-state index in [4.69, 9.17) is 16.7 Å². The molecule has 0 spiro atoms. The van der Waals surface area contributed by atoms with Crippen molar-refractivity contribution in [2.45, 2.75) is 13.0 Å². The standard InChI is InChI=1S/C8H9ClO2/c1-5(10)6-3-2-4-7(9)8(6)11/h2-5,10-11H,1H3. The van der Waals surface area contributed by atoms with Gasteiger partial charge in [-0.1, -0.05) is 23.7 Å². The number of phenols is 1. The van der Waals surface area contributed by atoms with Gasteiger partial charge in [-0.05, 0) is 13.0 Å². The summed E-state index contributed by atoms with van der Waals surface area (Å²) in [6, 6.07) is 4.89. The number of aromatic hydroxyl groups is 1. The predicted molar refractivity (Wildman–Crippen MR) is 43.8 cm³/mol. The van der Waals surface area contributed by atoms with Crippen LogP contribution in [0.1, 0.15) is 18.6 Å². The van der Waals surface area contributed by atoms with Crippen LogP contribution in [0.2, 0.25) is 5.02 Å². The third-order valence-electron chi connectivity index (χ3n) is 1.47. The van der Waals surface area contributed by atoms with Gasteiger partial charge in [0.15, 0.2) is 0 Å². The molecule has 0 saturated carbocycles. The Labute approximate surface area is 70.1 Å². The van der Waals surface area contributed by atoms with Crippen LogP contribution < -0.4 is 0 Å². The number of aliphatic hydroxyl groups excluding tert-OH is 1. The largest absolute Gasteiger partial charge is 0.506 e. The summed E-state index contributed by atoms with van der Waals surface area (Å²) in [5, 5.41) is 18.7. The smallest absolute Gasteiger partial charge is 0.139 e. The lowest BCUT2D eigenvalue weighted by atomic mass is 10.1. The highest BCUT2D eigenvalue weighted by Crippen LogP contribution is 2.30. The number of halogens is 1. The van der Waals surface area contributed by atoms with E-state index < -0.39 is 6.10 Å². The lowest BCUT2D eigenvalue weighted by Gasteiger charge is -2.07. The van der Waals surface area contributed by atoms with Crippen molar-refractivity contribution in [1.82, 2.24) is 0 Å². The van der Waals surface area contributed by atoms with Crippen molar-refractivity contribution in [3.05, 3.63) is 28.8 Å². The first-order valence-corrected chi connectivity index (χ1v) is 3.66. The van der Waals surface area contributed by atoms with Crippen molar-refractivity contribution < 1.29 is 10.2 Å². The normalized spacial score (nSPS) is 13.0. The van der Waals surface area contributed by atoms with E-state index in [0.29, 0.717) is 5.56 Å². The molecule has 1 rings (SSSR count). The van der Waals surface area contributed by atoms with Gasteiger partial charge in [0.2, 0.25) is 0 Å². The van der Waals surface area contributed by atoms with Gasteiger partial charge in [0, 0.05) is 5.56 Å². The van der Waals surface area contributed by atoms with Crippen molar-refractivity contribution in [3.8, 4) is 5.75 Å². The minimum atomic E-state index is -0.686. The molecule has 0 amide bonds. The van der Waals surface area contributed by atoms with Crippen LogP contribution in [0.4, 0.5) is 0 Å². The maximum atomic E-state index is 9.28. The van der Waals surface area contributed by atoms with Crippen molar-refractivity contribution in [3.63, 3.8) is 0 Å². The second kappa shape index (κ2) is 3.11. The Bertz CT molecular complexity index is 258. The molecule has 1 atom stereocenters. The van der Waals surface area contributed by atoms with Gasteiger partial charge >= 0.3 is 0 Å². The van der Waals surface area contributed by atoms with Crippen LogP contribution in [0.5, 0.6) is 5.75 Å². The molecule has 0 fully saturated rings. The van der Waals surface area contributed by atoms with Crippen LogP contribution in [0, 0.1) is 0 Å². The highest BCUT2D eigenvalue weighted by atomic mass is 35.5. The monoisotopic (exact) mass is 172 g/mol. The van der Waals surface area contributed by atoms with Gasteiger partial charge in [-0.3, -0.25) is 0 Å². The second-order valence-electron chi connectivity index (χ2n) is 2.35. The van der Waals surface area contributed by atoms with Gasteiger partial charge in [0.1, 0.15) is 5.75 Å². The van der Waals surface area contributed by atoms with Crippen LogP contribution in [0.3, 0.4) is 0 Å². The quantitative estimate of drug-likeness (QED) is 0.681. The maximum Gasteiger partial charge on any atom is 0.139 e. The molecule has 2 N–H and O–H groups in total. The van der Waals surface area contributed by atoms with Crippen LogP contribution >= 0.6 is 11.6 Å². The van der Waals surface area contributed by atoms with E-state index in [9.17, 15) is 5.11 Å². The molecule has 0 radical (unpaired) electrons. The fraction of sp³-hybridized carbons (Fsp3) is 0.250. The first-order valence-electron chi connectivity index (χ1n) is 3.28. The van der Waals surface area contributed by atoms with Gasteiger partial charge in [-0.25, -0.2) is 0 Å². The van der Waals surface area contributed by atoms with E-state index in [1.165, 1.54) is 0 Å². The topological polar surface area (TPSA) is 40.5 Å². The minimum Gasteiger partial charge on any atom is -0.506 e. The van der Waals surface area contributed by atoms with Gasteiger partial charge < -0.3 is 10.2 Å². The number of rotatable bonds is 1. The highest BCUT2D eigenvalue weighted by Gasteiger charge is 2.08. The van der Waals surface area contributed by atoms with Crippen molar-refractivity contribution in [2.24, 2.45) is 0 Å². The molecule has 0 aliphatic heterocycles. The molecule has 0 bridgehead atoms. The molecule has 0 aliphatic carbocycles. The van der Waals surface area contributed by atoms with Gasteiger partial charge in [0.25, 0.3) is 0 Å². The third kappa shape index (κ3) is 1.64. The van der Waals surface area contributed by atoms with Gasteiger partial charge in [0.05, 0.1) is 11.1 Å². The first kappa shape index (κ1) is 8.37. The Morgan fingerprint density at radius 2 is 2.09 bits per heavy atom. The molecule has 1 aromatic rings. The molecule has 0 aliphatic rings. The fourth-order valence-electron chi connectivity index (χ4n) is 0.869. The molecule has 11 heavy (non-hydrogen) atoms. The van der Waals surface area contributed by atoms with Gasteiger partial charge in [-0.2, -0.15) is 0 Å². The molecule has 0 heterocycles. The van der Waals surface area contributed by atoms with E-state index in [1.54, 1.807) is 25.1 Å². The second-order valence-corrected chi connectivity index (χ2v) is 2.76. The van der Waals surface area contributed by atoms with E-state index >= 15 is 0 Å². The lowest BCUT2D eigenvalue weighted by Crippen LogP contribution is -1.90. The average molecular weight is 173 g/mol. The van der Waals surface area contributed by atoms with Crippen LogP contribution in [-0.4, -0.2) is 10.2 Å². The fourth-order valence-corrected chi connectivity index (χ4v) is 1.05. The minimum absolute atomic E-state index is 0.0378. The molecule has 0 aromatic heterocycles. The summed E-state index contributed by atoms with van der Waals surface area (Å²) in [6.45, 7) is 1.57. The van der Waals surface area contributed by atoms with E-state index in [1.807, 2.05) is 0 Å². The summed E-state index contributed by atoms with van der Waals surface area (Å²) in [5.74, 6) is -0.0378. The Balaban J connectivity index is 3.17. The molecule has 1 unspecified atom stereocenters. The van der Waals surface area contributed by atoms with E-state index in [0.717, 1.165) is 0 Å². The summed E-state index contributed by atoms with van der Waals surface area (Å²) >= 11 is 5.60. The van der Waals surface area contributed by atoms with Gasteiger partial charge in [-0.15, -0.1) is 0 Å². The summed E-state index contributed by atoms with van der Waals surface area (Å²) in [4.78, 5) is 0. The SMILES string of the molecule is CC(O)c1cccc(Cl)c1O. The van der Waals surface area contributed by atoms with Crippen molar-refractivity contribution >= 4 is 11.6 Å². The molecule has 2 nitrogen and oxygen atoms in total. The number of phenolic OH excluding ortho intramolecular Hbond substituents is 1. The third-order valence-corrected chi connectivity index (χ3v) is 1.77. The number of benzene rings is 1. The zero-order valence-electron chi connectivity index (χ0n) is 6.08. The molecule has 3 heteroatoms. The first-order chi connectivity index (χ1) is 5.13. The Kier molecular flexibility index (Phi) is 2.37. The van der Waals surface area contributed by atoms with Crippen LogP contribution in [0.25, 0.3) is 0 Å². The number of hydrogen-bond donors (Lipinski definition) is 2. The number of aliphatic hydroxyl groups is 1. The maximum absolute atomic E-state index is 9.28. The highest BCUT2D eigenvalue weighted by molar-refractivity contribution is 6.32. The predicted octanol–water partition coefficient (Wildman–Crippen LogP) is 2.10. The molecule has 60 valence electrons. The van der Waals surface area contributed by atoms with Crippen molar-refractivity contribution in [2.75, 3.05) is 0 Å². The summed E-state index contributed by atoms with van der Waals surface area (Å²) < 4.78 is 0. The molecule has 0 saturated heterocycles.